The van der Waals surface area contributed by atoms with Crippen molar-refractivity contribution in [2.24, 2.45) is 0 Å². The summed E-state index contributed by atoms with van der Waals surface area (Å²) in [5.74, 6) is 2.45. The molecule has 6 heteroatoms. The van der Waals surface area contributed by atoms with Crippen molar-refractivity contribution in [3.05, 3.63) is 30.0 Å². The fourth-order valence-corrected chi connectivity index (χ4v) is 1.34. The highest BCUT2D eigenvalue weighted by Crippen LogP contribution is 2.15. The van der Waals surface area contributed by atoms with E-state index in [1.54, 1.807) is 18.3 Å². The first-order valence-corrected chi connectivity index (χ1v) is 5.38. The number of nitrogens with one attached hydrogen (secondary N) is 1. The summed E-state index contributed by atoms with van der Waals surface area (Å²) in [6, 6.07) is 3.47. The number of hydrogen-bond acceptors (Lipinski definition) is 6. The molecular formula is C11H15N5O. The number of nitrogen functional groups attached to an aromatic ring is 2. The van der Waals surface area contributed by atoms with Crippen molar-refractivity contribution < 1.29 is 4.42 Å². The minimum Gasteiger partial charge on any atom is -0.444 e. The monoisotopic (exact) mass is 233 g/mol. The summed E-state index contributed by atoms with van der Waals surface area (Å²) in [5.41, 5.74) is 11.6. The number of nitrogens with zero attached hydrogens (tertiary/aromatic N) is 2. The second-order valence-electron chi connectivity index (χ2n) is 3.60. The zero-order chi connectivity index (χ0) is 12.3. The Hall–Kier alpha value is -2.24. The van der Waals surface area contributed by atoms with Crippen LogP contribution in [0.3, 0.4) is 0 Å². The lowest BCUT2D eigenvalue weighted by Gasteiger charge is -2.05. The topological polar surface area (TPSA) is 103 Å². The molecule has 17 heavy (non-hydrogen) atoms. The van der Waals surface area contributed by atoms with Gasteiger partial charge in [0, 0.05) is 6.42 Å². The van der Waals surface area contributed by atoms with Crippen LogP contribution in [0, 0.1) is 0 Å². The summed E-state index contributed by atoms with van der Waals surface area (Å²) < 4.78 is 5.45. The molecule has 2 aromatic rings. The molecule has 0 radical (unpaired) electrons. The normalized spacial score (nSPS) is 10.4. The van der Waals surface area contributed by atoms with Gasteiger partial charge in [0.1, 0.15) is 17.4 Å². The zero-order valence-electron chi connectivity index (χ0n) is 9.60. The van der Waals surface area contributed by atoms with Crippen LogP contribution in [0.4, 0.5) is 17.3 Å². The molecule has 5 N–H and O–H groups in total. The van der Waals surface area contributed by atoms with Gasteiger partial charge in [0.05, 0.1) is 18.4 Å². The van der Waals surface area contributed by atoms with E-state index in [1.165, 1.54) is 0 Å². The van der Waals surface area contributed by atoms with Gasteiger partial charge in [-0.3, -0.25) is 0 Å². The molecule has 0 aromatic carbocycles. The van der Waals surface area contributed by atoms with E-state index in [2.05, 4.69) is 15.3 Å². The molecule has 0 aliphatic heterocycles. The molecule has 0 unspecified atom stereocenters. The van der Waals surface area contributed by atoms with Crippen LogP contribution in [0.15, 0.2) is 22.7 Å². The molecule has 90 valence electrons. The first-order valence-electron chi connectivity index (χ1n) is 5.38. The number of aromatic nitrogens is 2. The summed E-state index contributed by atoms with van der Waals surface area (Å²) in [6.07, 6.45) is 2.56. The quantitative estimate of drug-likeness (QED) is 0.737. The molecule has 0 saturated carbocycles. The molecular weight excluding hydrogens is 218 g/mol. The van der Waals surface area contributed by atoms with Crippen molar-refractivity contribution in [1.82, 2.24) is 9.97 Å². The van der Waals surface area contributed by atoms with E-state index in [4.69, 9.17) is 15.9 Å². The number of rotatable bonds is 4. The predicted octanol–water partition coefficient (Wildman–Crippen LogP) is 1.41. The first kappa shape index (κ1) is 11.3. The third-order valence-corrected chi connectivity index (χ3v) is 2.33. The van der Waals surface area contributed by atoms with Gasteiger partial charge >= 0.3 is 0 Å². The van der Waals surface area contributed by atoms with E-state index in [0.717, 1.165) is 12.2 Å². The molecule has 6 nitrogen and oxygen atoms in total. The third-order valence-electron chi connectivity index (χ3n) is 2.33. The molecule has 0 aliphatic rings. The number of nitrogens with two attached hydrogens (primary N) is 2. The van der Waals surface area contributed by atoms with Gasteiger partial charge in [-0.2, -0.15) is 0 Å². The van der Waals surface area contributed by atoms with Crippen LogP contribution < -0.4 is 16.8 Å². The molecule has 0 atom stereocenters. The van der Waals surface area contributed by atoms with E-state index < -0.39 is 0 Å². The molecule has 0 aliphatic carbocycles. The predicted molar refractivity (Wildman–Crippen MR) is 66.3 cm³/mol. The Kier molecular flexibility index (Phi) is 3.13. The van der Waals surface area contributed by atoms with E-state index in [1.807, 2.05) is 6.92 Å². The van der Waals surface area contributed by atoms with Crippen LogP contribution in [-0.2, 0) is 13.0 Å². The lowest BCUT2D eigenvalue weighted by molar-refractivity contribution is 0.465. The average molecular weight is 233 g/mol. The molecule has 0 spiro atoms. The van der Waals surface area contributed by atoms with Crippen LogP contribution in [0.1, 0.15) is 18.6 Å². The number of anilines is 3. The minimum atomic E-state index is 0.316. The number of oxazole rings is 1. The molecule has 2 rings (SSSR count). The molecule has 0 bridgehead atoms. The first-order chi connectivity index (χ1) is 8.19. The average Bonchev–Trinajstić information content (AvgIpc) is 2.79. The van der Waals surface area contributed by atoms with Gasteiger partial charge in [0.2, 0.25) is 5.89 Å². The van der Waals surface area contributed by atoms with Crippen molar-refractivity contribution >= 4 is 17.3 Å². The fourth-order valence-electron chi connectivity index (χ4n) is 1.34. The second-order valence-corrected chi connectivity index (χ2v) is 3.60. The van der Waals surface area contributed by atoms with Gasteiger partial charge in [-0.1, -0.05) is 6.92 Å². The summed E-state index contributed by atoms with van der Waals surface area (Å²) in [5, 5.41) is 3.06. The van der Waals surface area contributed by atoms with Crippen molar-refractivity contribution in [2.75, 3.05) is 16.8 Å². The summed E-state index contributed by atoms with van der Waals surface area (Å²) in [4.78, 5) is 8.22. The van der Waals surface area contributed by atoms with Gasteiger partial charge in [0.15, 0.2) is 0 Å². The van der Waals surface area contributed by atoms with Gasteiger partial charge in [0.25, 0.3) is 0 Å². The van der Waals surface area contributed by atoms with Crippen LogP contribution in [0.2, 0.25) is 0 Å². The van der Waals surface area contributed by atoms with E-state index in [0.29, 0.717) is 29.8 Å². The number of aryl methyl sites for hydroxylation is 1. The van der Waals surface area contributed by atoms with Crippen LogP contribution >= 0.6 is 0 Å². The van der Waals surface area contributed by atoms with Gasteiger partial charge < -0.3 is 21.2 Å². The van der Waals surface area contributed by atoms with E-state index in [-0.39, 0.29) is 0 Å². The maximum atomic E-state index is 5.60. The maximum absolute atomic E-state index is 5.60. The van der Waals surface area contributed by atoms with Crippen molar-refractivity contribution in [1.29, 1.82) is 0 Å². The lowest BCUT2D eigenvalue weighted by atomic mass is 10.4. The van der Waals surface area contributed by atoms with Gasteiger partial charge in [-0.15, -0.1) is 0 Å². The second kappa shape index (κ2) is 4.73. The Bertz CT molecular complexity index is 508. The van der Waals surface area contributed by atoms with Crippen molar-refractivity contribution in [3.63, 3.8) is 0 Å². The Morgan fingerprint density at radius 1 is 1.35 bits per heavy atom. The van der Waals surface area contributed by atoms with Crippen LogP contribution in [0.25, 0.3) is 0 Å². The molecule has 0 saturated heterocycles. The highest BCUT2D eigenvalue weighted by atomic mass is 16.4. The van der Waals surface area contributed by atoms with Crippen molar-refractivity contribution in [3.8, 4) is 0 Å². The Morgan fingerprint density at radius 2 is 2.18 bits per heavy atom. The molecule has 0 fully saturated rings. The Morgan fingerprint density at radius 3 is 2.82 bits per heavy atom. The Balaban J connectivity index is 1.99. The van der Waals surface area contributed by atoms with E-state index in [9.17, 15) is 0 Å². The summed E-state index contributed by atoms with van der Waals surface area (Å²) in [7, 11) is 0. The standard InChI is InChI=1S/C11H15N5O/c1-2-7-5-15-10(17-7)6-14-9-4-3-8(12)11(13)16-9/h3-5H,2,6,12H2,1H3,(H3,13,14,16). The van der Waals surface area contributed by atoms with Crippen molar-refractivity contribution in [2.45, 2.75) is 19.9 Å². The zero-order valence-corrected chi connectivity index (χ0v) is 9.60. The fraction of sp³-hybridized carbons (Fsp3) is 0.273. The number of pyridine rings is 1. The van der Waals surface area contributed by atoms with Gasteiger partial charge in [-0.25, -0.2) is 9.97 Å². The molecule has 0 amide bonds. The lowest BCUT2D eigenvalue weighted by Crippen LogP contribution is -2.04. The highest BCUT2D eigenvalue weighted by molar-refractivity contribution is 5.61. The highest BCUT2D eigenvalue weighted by Gasteiger charge is 2.03. The third kappa shape index (κ3) is 2.66. The van der Waals surface area contributed by atoms with Crippen LogP contribution in [0.5, 0.6) is 0 Å². The molecule has 2 heterocycles. The van der Waals surface area contributed by atoms with Gasteiger partial charge in [-0.05, 0) is 12.1 Å². The smallest absolute Gasteiger partial charge is 0.213 e. The minimum absolute atomic E-state index is 0.316. The Labute approximate surface area is 99.0 Å². The van der Waals surface area contributed by atoms with E-state index >= 15 is 0 Å². The largest absolute Gasteiger partial charge is 0.444 e. The maximum Gasteiger partial charge on any atom is 0.213 e. The SMILES string of the molecule is CCc1cnc(CNc2ccc(N)c(N)n2)o1. The summed E-state index contributed by atoms with van der Waals surface area (Å²) >= 11 is 0. The molecule has 2 aromatic heterocycles. The number of hydrogen-bond donors (Lipinski definition) is 3. The van der Waals surface area contributed by atoms with Crippen LogP contribution in [-0.4, -0.2) is 9.97 Å². The summed E-state index contributed by atoms with van der Waals surface area (Å²) in [6.45, 7) is 2.48.